The zero-order valence-corrected chi connectivity index (χ0v) is 37.6. The van der Waals surface area contributed by atoms with Crippen molar-refractivity contribution in [3.63, 3.8) is 0 Å². The lowest BCUT2D eigenvalue weighted by Crippen LogP contribution is -2.46. The number of phenols is 2. The number of amides is 2. The van der Waals surface area contributed by atoms with Crippen LogP contribution in [0.3, 0.4) is 0 Å². The average molecular weight is 957 g/mol. The number of ketones is 1. The first-order valence-corrected chi connectivity index (χ1v) is 20.8. The molecule has 3 aromatic carbocycles. The van der Waals surface area contributed by atoms with Crippen LogP contribution in [0.1, 0.15) is 64.4 Å². The summed E-state index contributed by atoms with van der Waals surface area (Å²) in [6.45, 7) is 11.9. The number of allylic oxidation sites excluding steroid dienone is 2. The minimum atomic E-state index is -2.04. The number of hydrogen-bond donors (Lipinski definition) is 6. The normalized spacial score (nSPS) is 29.1. The second-order valence-electron chi connectivity index (χ2n) is 15.7. The average Bonchev–Trinajstić information content (AvgIpc) is 3.48. The van der Waals surface area contributed by atoms with E-state index in [1.807, 2.05) is 12.1 Å². The molecular weight excluding hydrogens is 903 g/mol. The highest BCUT2D eigenvalue weighted by Gasteiger charge is 2.49. The number of halogens is 1. The molecule has 15 nitrogen and oxygen atoms in total. The molecular formula is C45H53IN2O13. The number of ether oxygens (including phenoxy) is 5. The first-order valence-electron chi connectivity index (χ1n) is 19.7. The summed E-state index contributed by atoms with van der Waals surface area (Å²) in [6, 6.07) is 8.28. The van der Waals surface area contributed by atoms with Gasteiger partial charge in [-0.05, 0) is 66.8 Å². The zero-order chi connectivity index (χ0) is 45.1. The molecule has 0 aliphatic carbocycles. The standard InChI is InChI=1S/C45H53IN2O13/c1-21-11-10-12-22(2)44(56)48-30-19-32(58-20-33(50)47-29-15-13-28(46)14-16-29)34-35(40(30)54)39(53)26(6)42-36(34)43(55)45(8,61-42)59-18-17-31(57-9)23(3)41(60-27(7)49)25(5)38(52)24(4)37(21)51/h10-19,21,23-25,31,37-38,41,51-54H,20H2,1-9H3,(H,47,50)(H,48,56)/b11-10+,18-17+,22-12-/t21-,23-,24-,25-,31+,37-,38+,41-,45+/m1/s1. The van der Waals surface area contributed by atoms with E-state index in [0.29, 0.717) is 5.69 Å². The van der Waals surface area contributed by atoms with Gasteiger partial charge in [-0.3, -0.25) is 19.2 Å². The van der Waals surface area contributed by atoms with Crippen LogP contribution < -0.4 is 20.1 Å². The van der Waals surface area contributed by atoms with Gasteiger partial charge in [0.1, 0.15) is 23.4 Å². The summed E-state index contributed by atoms with van der Waals surface area (Å²) in [6.07, 6.45) is 3.52. The van der Waals surface area contributed by atoms with Crippen LogP contribution in [0.25, 0.3) is 10.8 Å². The Labute approximate surface area is 367 Å². The predicted octanol–water partition coefficient (Wildman–Crippen LogP) is 6.67. The van der Waals surface area contributed by atoms with Crippen LogP contribution in [-0.4, -0.2) is 87.9 Å². The monoisotopic (exact) mass is 956 g/mol. The number of carbonyl (C=O) groups is 4. The van der Waals surface area contributed by atoms with Gasteiger partial charge in [-0.25, -0.2) is 0 Å². The van der Waals surface area contributed by atoms with Crippen LogP contribution in [0.15, 0.2) is 66.5 Å². The Morgan fingerprint density at radius 3 is 2.26 bits per heavy atom. The van der Waals surface area contributed by atoms with Gasteiger partial charge in [0.05, 0.1) is 41.2 Å². The molecule has 3 aliphatic heterocycles. The first-order chi connectivity index (χ1) is 28.7. The predicted molar refractivity (Wildman–Crippen MR) is 235 cm³/mol. The van der Waals surface area contributed by atoms with Crippen molar-refractivity contribution in [2.24, 2.45) is 23.7 Å². The largest absolute Gasteiger partial charge is 0.507 e. The lowest BCUT2D eigenvalue weighted by molar-refractivity contribution is -0.160. The molecule has 6 N–H and O–H groups in total. The third kappa shape index (κ3) is 9.98. The zero-order valence-electron chi connectivity index (χ0n) is 35.4. The molecule has 0 aromatic heterocycles. The number of Topliss-reactive ketones (excluding diaryl/α,β-unsaturated/α-hetero) is 1. The van der Waals surface area contributed by atoms with Crippen molar-refractivity contribution in [1.82, 2.24) is 0 Å². The molecule has 3 heterocycles. The summed E-state index contributed by atoms with van der Waals surface area (Å²) in [5.74, 6) is -8.42. The SMILES string of the molecule is CO[C@H]1/C=C/O[C@@]2(C)Oc3c(C)c(O)c4c(O)c(cc(OCC(=O)Nc5ccc(I)cc5)c4c3C2=O)NC(=O)/C(C)=C\C=C\[C@@H](C)[C@@H](O)[C@@H](C)[C@H](O)[C@@H](C)[C@H](OC(C)=O)[C@@H]1C. The Morgan fingerprint density at radius 1 is 0.951 bits per heavy atom. The number of phenolic OH excluding ortho intramolecular Hbond substituents is 2. The molecule has 3 aliphatic rings. The van der Waals surface area contributed by atoms with Crippen molar-refractivity contribution in [2.45, 2.75) is 85.6 Å². The van der Waals surface area contributed by atoms with Crippen LogP contribution in [0.2, 0.25) is 0 Å². The van der Waals surface area contributed by atoms with E-state index in [9.17, 15) is 39.6 Å². The van der Waals surface area contributed by atoms with E-state index in [1.165, 1.54) is 59.3 Å². The molecule has 0 spiro atoms. The summed E-state index contributed by atoms with van der Waals surface area (Å²) >= 11 is 2.14. The second-order valence-corrected chi connectivity index (χ2v) is 17.0. The Morgan fingerprint density at radius 2 is 1.62 bits per heavy atom. The van der Waals surface area contributed by atoms with Gasteiger partial charge in [-0.15, -0.1) is 0 Å². The van der Waals surface area contributed by atoms with Crippen LogP contribution in [0.5, 0.6) is 23.0 Å². The van der Waals surface area contributed by atoms with Crippen molar-refractivity contribution in [1.29, 1.82) is 0 Å². The minimum absolute atomic E-state index is 0.0609. The third-order valence-corrected chi connectivity index (χ3v) is 12.0. The molecule has 0 saturated carbocycles. The van der Waals surface area contributed by atoms with Crippen LogP contribution >= 0.6 is 22.6 Å². The van der Waals surface area contributed by atoms with Gasteiger partial charge in [-0.1, -0.05) is 45.9 Å². The van der Waals surface area contributed by atoms with Gasteiger partial charge in [0.25, 0.3) is 17.6 Å². The van der Waals surface area contributed by atoms with E-state index in [-0.39, 0.29) is 44.7 Å². The third-order valence-electron chi connectivity index (χ3n) is 11.3. The summed E-state index contributed by atoms with van der Waals surface area (Å²) < 4.78 is 30.7. The highest BCUT2D eigenvalue weighted by molar-refractivity contribution is 14.1. The van der Waals surface area contributed by atoms with E-state index in [1.54, 1.807) is 52.0 Å². The van der Waals surface area contributed by atoms with Crippen molar-refractivity contribution in [3.05, 3.63) is 81.2 Å². The van der Waals surface area contributed by atoms with Gasteiger partial charge in [0, 0.05) is 76.5 Å². The number of esters is 1. The number of fused-ring (bicyclic) bond motifs is 14. The molecule has 0 radical (unpaired) electrons. The van der Waals surface area contributed by atoms with Gasteiger partial charge < -0.3 is 54.7 Å². The Hall–Kier alpha value is -5.17. The molecule has 9 atom stereocenters. The number of anilines is 2. The highest BCUT2D eigenvalue weighted by Crippen LogP contribution is 2.54. The summed E-state index contributed by atoms with van der Waals surface area (Å²) in [5, 5.41) is 51.2. The Kier molecular flexibility index (Phi) is 14.8. The molecule has 5 bridgehead atoms. The van der Waals surface area contributed by atoms with Gasteiger partial charge >= 0.3 is 11.8 Å². The van der Waals surface area contributed by atoms with Crippen molar-refractivity contribution >= 4 is 68.3 Å². The molecule has 6 rings (SSSR count). The van der Waals surface area contributed by atoms with E-state index in [0.717, 1.165) is 3.57 Å². The van der Waals surface area contributed by atoms with Crippen LogP contribution in [-0.2, 0) is 28.6 Å². The van der Waals surface area contributed by atoms with E-state index < -0.39 is 95.5 Å². The maximum absolute atomic E-state index is 14.5. The fourth-order valence-electron chi connectivity index (χ4n) is 7.62. The molecule has 0 fully saturated rings. The fourth-order valence-corrected chi connectivity index (χ4v) is 7.98. The number of nitrogens with one attached hydrogen (secondary N) is 2. The summed E-state index contributed by atoms with van der Waals surface area (Å²) in [5.41, 5.74) is 0.413. The van der Waals surface area contributed by atoms with Crippen molar-refractivity contribution in [3.8, 4) is 23.0 Å². The second kappa shape index (κ2) is 19.3. The number of rotatable bonds is 6. The topological polar surface area (TPSA) is 219 Å². The van der Waals surface area contributed by atoms with Crippen LogP contribution in [0.4, 0.5) is 11.4 Å². The van der Waals surface area contributed by atoms with Gasteiger partial charge in [0.2, 0.25) is 0 Å². The highest BCUT2D eigenvalue weighted by atomic mass is 127. The number of aliphatic hydroxyl groups excluding tert-OH is 2. The quantitative estimate of drug-likeness (QED) is 0.0865. The molecule has 16 heteroatoms. The van der Waals surface area contributed by atoms with Crippen LogP contribution in [0, 0.1) is 34.2 Å². The van der Waals surface area contributed by atoms with Gasteiger partial charge in [-0.2, -0.15) is 0 Å². The smallest absolute Gasteiger partial charge is 0.312 e. The van der Waals surface area contributed by atoms with E-state index in [2.05, 4.69) is 33.2 Å². The van der Waals surface area contributed by atoms with Crippen molar-refractivity contribution in [2.75, 3.05) is 24.4 Å². The van der Waals surface area contributed by atoms with Crippen molar-refractivity contribution < 1.29 is 63.3 Å². The fraction of sp³-hybridized carbons (Fsp3) is 0.422. The molecule has 3 aromatic rings. The number of methoxy groups -OCH3 is 1. The maximum atomic E-state index is 14.5. The summed E-state index contributed by atoms with van der Waals surface area (Å²) in [7, 11) is 1.43. The molecule has 0 unspecified atom stereocenters. The Bertz CT molecular complexity index is 2270. The number of hydrogen-bond acceptors (Lipinski definition) is 13. The number of carbonyl (C=O) groups excluding carboxylic acids is 4. The van der Waals surface area contributed by atoms with E-state index >= 15 is 0 Å². The molecule has 328 valence electrons. The maximum Gasteiger partial charge on any atom is 0.312 e. The number of benzene rings is 3. The number of aromatic hydroxyl groups is 2. The summed E-state index contributed by atoms with van der Waals surface area (Å²) in [4.78, 5) is 53.6. The molecule has 61 heavy (non-hydrogen) atoms. The van der Waals surface area contributed by atoms with Gasteiger partial charge in [0.15, 0.2) is 12.4 Å². The lowest BCUT2D eigenvalue weighted by atomic mass is 9.78. The lowest BCUT2D eigenvalue weighted by Gasteiger charge is -2.38. The minimum Gasteiger partial charge on any atom is -0.507 e. The molecule has 2 amide bonds. The first kappa shape index (κ1) is 46.9. The molecule has 0 saturated heterocycles. The van der Waals surface area contributed by atoms with E-state index in [4.69, 9.17) is 23.7 Å². The number of aliphatic hydroxyl groups is 2. The Balaban J connectivity index is 1.65.